The van der Waals surface area contributed by atoms with E-state index in [4.69, 9.17) is 9.84 Å². The topological polar surface area (TPSA) is 72.3 Å². The van der Waals surface area contributed by atoms with Gasteiger partial charge < -0.3 is 9.84 Å². The molecule has 0 aliphatic heterocycles. The van der Waals surface area contributed by atoms with Crippen LogP contribution in [0.3, 0.4) is 0 Å². The maximum Gasteiger partial charge on any atom is 0.339 e. The molecule has 0 unspecified atom stereocenters. The molecule has 0 fully saturated rings. The summed E-state index contributed by atoms with van der Waals surface area (Å²) in [6.45, 7) is 0.500. The van der Waals surface area contributed by atoms with Crippen molar-refractivity contribution in [3.63, 3.8) is 0 Å². The number of unbranched alkanes of at least 4 members (excludes halogenated alkanes) is 1. The Balaban J connectivity index is 1.67. The van der Waals surface area contributed by atoms with Crippen molar-refractivity contribution in [1.82, 2.24) is 9.97 Å². The average Bonchev–Trinajstić information content (AvgIpc) is 2.52. The fourth-order valence-corrected chi connectivity index (χ4v) is 2.48. The maximum absolute atomic E-state index is 11.0. The predicted molar refractivity (Wildman–Crippen MR) is 80.9 cm³/mol. The highest BCUT2D eigenvalue weighted by molar-refractivity contribution is 7.99. The van der Waals surface area contributed by atoms with Crippen molar-refractivity contribution < 1.29 is 14.6 Å². The van der Waals surface area contributed by atoms with Crippen LogP contribution in [0, 0.1) is 0 Å². The zero-order chi connectivity index (χ0) is 14.9. The van der Waals surface area contributed by atoms with Crippen LogP contribution in [0.5, 0.6) is 5.75 Å². The van der Waals surface area contributed by atoms with Gasteiger partial charge in [-0.25, -0.2) is 14.8 Å². The zero-order valence-electron chi connectivity index (χ0n) is 11.4. The minimum Gasteiger partial charge on any atom is -0.493 e. The fraction of sp³-hybridized carbons (Fsp3) is 0.267. The molecule has 5 nitrogen and oxygen atoms in total. The van der Waals surface area contributed by atoms with E-state index in [9.17, 15) is 4.79 Å². The van der Waals surface area contributed by atoms with Gasteiger partial charge in [-0.05, 0) is 31.0 Å². The zero-order valence-corrected chi connectivity index (χ0v) is 12.3. The average molecular weight is 304 g/mol. The molecule has 0 saturated heterocycles. The van der Waals surface area contributed by atoms with Gasteiger partial charge in [-0.15, -0.1) is 0 Å². The Bertz CT molecular complexity index is 578. The van der Waals surface area contributed by atoms with Crippen LogP contribution in [0.25, 0.3) is 0 Å². The third-order valence-electron chi connectivity index (χ3n) is 2.69. The first-order valence-electron chi connectivity index (χ1n) is 6.62. The molecule has 0 saturated carbocycles. The number of rotatable bonds is 8. The molecule has 1 N–H and O–H groups in total. The molecule has 21 heavy (non-hydrogen) atoms. The van der Waals surface area contributed by atoms with Crippen molar-refractivity contribution in [2.75, 3.05) is 12.4 Å². The van der Waals surface area contributed by atoms with Crippen molar-refractivity contribution in [1.29, 1.82) is 0 Å². The first-order valence-corrected chi connectivity index (χ1v) is 7.61. The van der Waals surface area contributed by atoms with Crippen molar-refractivity contribution in [2.45, 2.75) is 18.0 Å². The van der Waals surface area contributed by atoms with E-state index in [-0.39, 0.29) is 5.56 Å². The Kier molecular flexibility index (Phi) is 6.02. The third kappa shape index (κ3) is 5.07. The molecule has 6 heteroatoms. The molecule has 0 amide bonds. The van der Waals surface area contributed by atoms with Gasteiger partial charge in [0.05, 0.1) is 6.61 Å². The van der Waals surface area contributed by atoms with E-state index in [0.717, 1.165) is 23.8 Å². The van der Waals surface area contributed by atoms with Gasteiger partial charge >= 0.3 is 5.97 Å². The van der Waals surface area contributed by atoms with Gasteiger partial charge in [-0.2, -0.15) is 0 Å². The summed E-state index contributed by atoms with van der Waals surface area (Å²) in [5.41, 5.74) is 0.199. The van der Waals surface area contributed by atoms with Crippen molar-refractivity contribution in [3.05, 3.63) is 48.3 Å². The van der Waals surface area contributed by atoms with Gasteiger partial charge in [0.2, 0.25) is 0 Å². The van der Waals surface area contributed by atoms with Crippen LogP contribution < -0.4 is 4.74 Å². The standard InChI is InChI=1S/C15H16N2O3S/c18-14(19)12-6-1-2-7-13(12)20-10-3-4-11-21-15-16-8-5-9-17-15/h1-2,5-9H,3-4,10-11H2,(H,18,19). The maximum atomic E-state index is 11.0. The number of aromatic nitrogens is 2. The number of para-hydroxylation sites is 1. The number of hydrogen-bond donors (Lipinski definition) is 1. The second-order valence-corrected chi connectivity index (χ2v) is 5.30. The van der Waals surface area contributed by atoms with E-state index in [1.165, 1.54) is 0 Å². The smallest absolute Gasteiger partial charge is 0.339 e. The number of aromatic carboxylic acids is 1. The summed E-state index contributed by atoms with van der Waals surface area (Å²) in [4.78, 5) is 19.3. The minimum atomic E-state index is -0.970. The largest absolute Gasteiger partial charge is 0.493 e. The van der Waals surface area contributed by atoms with Gasteiger partial charge in [-0.1, -0.05) is 23.9 Å². The second-order valence-electron chi connectivity index (χ2n) is 4.24. The second kappa shape index (κ2) is 8.26. The molecule has 0 bridgehead atoms. The summed E-state index contributed by atoms with van der Waals surface area (Å²) >= 11 is 1.60. The summed E-state index contributed by atoms with van der Waals surface area (Å²) < 4.78 is 5.53. The summed E-state index contributed by atoms with van der Waals surface area (Å²) in [6, 6.07) is 8.46. The number of carboxylic acids is 1. The van der Waals surface area contributed by atoms with Crippen molar-refractivity contribution in [3.8, 4) is 5.75 Å². The van der Waals surface area contributed by atoms with Gasteiger partial charge in [0.25, 0.3) is 0 Å². The molecule has 1 aromatic heterocycles. The lowest BCUT2D eigenvalue weighted by atomic mass is 10.2. The molecule has 110 valence electrons. The first kappa shape index (κ1) is 15.3. The Labute approximate surface area is 127 Å². The van der Waals surface area contributed by atoms with E-state index in [0.29, 0.717) is 12.4 Å². The number of carbonyl (C=O) groups is 1. The molecular formula is C15H16N2O3S. The highest BCUT2D eigenvalue weighted by Gasteiger charge is 2.09. The van der Waals surface area contributed by atoms with Crippen LogP contribution in [0.15, 0.2) is 47.9 Å². The number of carboxylic acid groups (broad SMARTS) is 1. The SMILES string of the molecule is O=C(O)c1ccccc1OCCCCSc1ncccn1. The lowest BCUT2D eigenvalue weighted by Gasteiger charge is -2.08. The first-order chi connectivity index (χ1) is 10.3. The summed E-state index contributed by atoms with van der Waals surface area (Å²) in [5, 5.41) is 9.81. The summed E-state index contributed by atoms with van der Waals surface area (Å²) in [6.07, 6.45) is 5.26. The Hall–Kier alpha value is -2.08. The quantitative estimate of drug-likeness (QED) is 0.459. The number of ether oxygens (including phenoxy) is 1. The molecule has 0 aliphatic carbocycles. The molecule has 1 aromatic carbocycles. The van der Waals surface area contributed by atoms with E-state index in [1.54, 1.807) is 54.5 Å². The Morgan fingerprint density at radius 2 is 1.90 bits per heavy atom. The van der Waals surface area contributed by atoms with E-state index in [2.05, 4.69) is 9.97 Å². The molecule has 0 atom stereocenters. The number of thioether (sulfide) groups is 1. The molecule has 0 radical (unpaired) electrons. The molecule has 0 aliphatic rings. The molecular weight excluding hydrogens is 288 g/mol. The number of hydrogen-bond acceptors (Lipinski definition) is 5. The van der Waals surface area contributed by atoms with Crippen LogP contribution >= 0.6 is 11.8 Å². The monoisotopic (exact) mass is 304 g/mol. The van der Waals surface area contributed by atoms with E-state index >= 15 is 0 Å². The molecule has 0 spiro atoms. The lowest BCUT2D eigenvalue weighted by Crippen LogP contribution is -2.04. The molecule has 2 aromatic rings. The highest BCUT2D eigenvalue weighted by Crippen LogP contribution is 2.18. The van der Waals surface area contributed by atoms with Crippen LogP contribution in [0.4, 0.5) is 0 Å². The third-order valence-corrected chi connectivity index (χ3v) is 3.65. The highest BCUT2D eigenvalue weighted by atomic mass is 32.2. The number of nitrogens with zero attached hydrogens (tertiary/aromatic N) is 2. The van der Waals surface area contributed by atoms with Crippen molar-refractivity contribution >= 4 is 17.7 Å². The molecule has 2 rings (SSSR count). The summed E-state index contributed by atoms with van der Waals surface area (Å²) in [7, 11) is 0. The Morgan fingerprint density at radius 1 is 1.14 bits per heavy atom. The normalized spacial score (nSPS) is 10.3. The summed E-state index contributed by atoms with van der Waals surface area (Å²) in [5.74, 6) is 0.361. The minimum absolute atomic E-state index is 0.199. The van der Waals surface area contributed by atoms with Gasteiger partial charge in [0.15, 0.2) is 5.16 Å². The van der Waals surface area contributed by atoms with Crippen molar-refractivity contribution in [2.24, 2.45) is 0 Å². The van der Waals surface area contributed by atoms with E-state index < -0.39 is 5.97 Å². The molecule has 1 heterocycles. The van der Waals surface area contributed by atoms with Crippen LogP contribution in [-0.2, 0) is 0 Å². The number of benzene rings is 1. The van der Waals surface area contributed by atoms with Gasteiger partial charge in [0.1, 0.15) is 11.3 Å². The van der Waals surface area contributed by atoms with Crippen LogP contribution in [0.2, 0.25) is 0 Å². The Morgan fingerprint density at radius 3 is 2.67 bits per heavy atom. The predicted octanol–water partition coefficient (Wildman–Crippen LogP) is 3.13. The fourth-order valence-electron chi connectivity index (χ4n) is 1.68. The van der Waals surface area contributed by atoms with Gasteiger partial charge in [-0.3, -0.25) is 0 Å². The van der Waals surface area contributed by atoms with E-state index in [1.807, 2.05) is 0 Å². The van der Waals surface area contributed by atoms with Gasteiger partial charge in [0, 0.05) is 18.1 Å². The lowest BCUT2D eigenvalue weighted by molar-refractivity contribution is 0.0692. The van der Waals surface area contributed by atoms with Crippen LogP contribution in [-0.4, -0.2) is 33.4 Å². The van der Waals surface area contributed by atoms with Crippen LogP contribution in [0.1, 0.15) is 23.2 Å².